The fraction of sp³-hybridized carbons (Fsp3) is 0.250. The number of methoxy groups -OCH3 is 1. The van der Waals surface area contributed by atoms with Crippen molar-refractivity contribution in [2.24, 2.45) is 0 Å². The van der Waals surface area contributed by atoms with E-state index in [1.165, 1.54) is 25.3 Å². The largest absolute Gasteiger partial charge is 0.495 e. The first kappa shape index (κ1) is 22.4. The Labute approximate surface area is 179 Å². The summed E-state index contributed by atoms with van der Waals surface area (Å²) in [5, 5.41) is 6.54. The van der Waals surface area contributed by atoms with Crippen molar-refractivity contribution >= 4 is 52.2 Å². The Kier molecular flexibility index (Phi) is 8.23. The molecule has 2 rings (SSSR count). The molecular formula is C20H21ClN2O5S. The second-order valence-corrected chi connectivity index (χ2v) is 6.47. The van der Waals surface area contributed by atoms with E-state index in [1.54, 1.807) is 32.0 Å². The molecular weight excluding hydrogens is 416 g/mol. The molecule has 0 spiro atoms. The Morgan fingerprint density at radius 2 is 1.62 bits per heavy atom. The Hall–Kier alpha value is -2.84. The maximum Gasteiger partial charge on any atom is 0.340 e. The molecule has 2 aromatic carbocycles. The van der Waals surface area contributed by atoms with Crippen LogP contribution in [-0.2, 0) is 9.47 Å². The molecule has 0 amide bonds. The number of halogens is 1. The fourth-order valence-electron chi connectivity index (χ4n) is 2.43. The summed E-state index contributed by atoms with van der Waals surface area (Å²) in [7, 11) is 1.52. The van der Waals surface area contributed by atoms with Crippen LogP contribution in [0.25, 0.3) is 0 Å². The fourth-order valence-corrected chi connectivity index (χ4v) is 2.82. The van der Waals surface area contributed by atoms with Crippen LogP contribution in [0.4, 0.5) is 11.4 Å². The van der Waals surface area contributed by atoms with E-state index in [1.807, 2.05) is 0 Å². The van der Waals surface area contributed by atoms with E-state index in [-0.39, 0.29) is 29.5 Å². The lowest BCUT2D eigenvalue weighted by molar-refractivity contribution is 0.0512. The summed E-state index contributed by atoms with van der Waals surface area (Å²) in [6.07, 6.45) is 0. The molecule has 2 N–H and O–H groups in total. The lowest BCUT2D eigenvalue weighted by atomic mass is 10.1. The molecule has 154 valence electrons. The number of rotatable bonds is 7. The second-order valence-electron chi connectivity index (χ2n) is 5.63. The highest BCUT2D eigenvalue weighted by atomic mass is 35.5. The Balaban J connectivity index is 2.31. The number of thiocarbonyl (C=S) groups is 1. The van der Waals surface area contributed by atoms with Crippen LogP contribution in [0.5, 0.6) is 5.75 Å². The van der Waals surface area contributed by atoms with Gasteiger partial charge in [-0.15, -0.1) is 0 Å². The van der Waals surface area contributed by atoms with Crippen LogP contribution in [0.1, 0.15) is 34.6 Å². The van der Waals surface area contributed by atoms with Crippen LogP contribution in [0.2, 0.25) is 5.02 Å². The highest BCUT2D eigenvalue weighted by Crippen LogP contribution is 2.28. The molecule has 29 heavy (non-hydrogen) atoms. The van der Waals surface area contributed by atoms with Gasteiger partial charge in [-0.25, -0.2) is 9.59 Å². The van der Waals surface area contributed by atoms with Crippen LogP contribution in [0.15, 0.2) is 36.4 Å². The van der Waals surface area contributed by atoms with Crippen LogP contribution < -0.4 is 15.4 Å². The topological polar surface area (TPSA) is 85.9 Å². The highest BCUT2D eigenvalue weighted by molar-refractivity contribution is 7.80. The summed E-state index contributed by atoms with van der Waals surface area (Å²) in [4.78, 5) is 24.3. The van der Waals surface area contributed by atoms with Gasteiger partial charge in [-0.2, -0.15) is 0 Å². The molecule has 0 saturated carbocycles. The average Bonchev–Trinajstić information content (AvgIpc) is 2.68. The molecule has 0 aromatic heterocycles. The zero-order valence-electron chi connectivity index (χ0n) is 16.2. The summed E-state index contributed by atoms with van der Waals surface area (Å²) >= 11 is 11.4. The van der Waals surface area contributed by atoms with Crippen molar-refractivity contribution in [2.45, 2.75) is 13.8 Å². The third-order valence-electron chi connectivity index (χ3n) is 3.68. The van der Waals surface area contributed by atoms with E-state index in [9.17, 15) is 9.59 Å². The average molecular weight is 437 g/mol. The first-order chi connectivity index (χ1) is 13.9. The van der Waals surface area contributed by atoms with Gasteiger partial charge in [0.25, 0.3) is 0 Å². The van der Waals surface area contributed by atoms with Crippen LogP contribution in [-0.4, -0.2) is 37.4 Å². The monoisotopic (exact) mass is 436 g/mol. The Morgan fingerprint density at radius 1 is 0.966 bits per heavy atom. The van der Waals surface area contributed by atoms with E-state index >= 15 is 0 Å². The van der Waals surface area contributed by atoms with E-state index in [4.69, 9.17) is 38.0 Å². The van der Waals surface area contributed by atoms with Gasteiger partial charge in [-0.1, -0.05) is 11.6 Å². The minimum atomic E-state index is -0.548. The van der Waals surface area contributed by atoms with Crippen LogP contribution in [0.3, 0.4) is 0 Å². The third-order valence-corrected chi connectivity index (χ3v) is 4.12. The maximum atomic E-state index is 12.3. The zero-order chi connectivity index (χ0) is 21.4. The third kappa shape index (κ3) is 6.07. The number of carbonyl (C=O) groups is 2. The number of hydrogen-bond donors (Lipinski definition) is 2. The summed E-state index contributed by atoms with van der Waals surface area (Å²) in [5.41, 5.74) is 1.33. The van der Waals surface area contributed by atoms with E-state index in [0.29, 0.717) is 22.1 Å². The van der Waals surface area contributed by atoms with Crippen molar-refractivity contribution < 1.29 is 23.8 Å². The van der Waals surface area contributed by atoms with Crippen molar-refractivity contribution in [3.63, 3.8) is 0 Å². The van der Waals surface area contributed by atoms with E-state index in [2.05, 4.69) is 10.6 Å². The molecule has 2 aromatic rings. The number of carbonyl (C=O) groups excluding carboxylic acids is 2. The molecule has 0 bridgehead atoms. The molecule has 0 aliphatic carbocycles. The lowest BCUT2D eigenvalue weighted by Gasteiger charge is -2.16. The maximum absolute atomic E-state index is 12.3. The number of anilines is 2. The Morgan fingerprint density at radius 3 is 2.28 bits per heavy atom. The van der Waals surface area contributed by atoms with Gasteiger partial charge in [-0.05, 0) is 62.5 Å². The molecule has 0 aliphatic rings. The molecule has 0 fully saturated rings. The first-order valence-electron chi connectivity index (χ1n) is 8.79. The van der Waals surface area contributed by atoms with Gasteiger partial charge in [0.05, 0.1) is 42.8 Å². The number of nitrogens with one attached hydrogen (secondary N) is 2. The number of ether oxygens (including phenoxy) is 3. The number of hydrogen-bond acceptors (Lipinski definition) is 6. The standard InChI is InChI=1S/C20H21ClN2O5S/c1-4-27-18(24)12-6-8-14(19(25)28-5-2)15(10-12)22-20(29)23-16-11-13(21)7-9-17(16)26-3/h6-11H,4-5H2,1-3H3,(H2,22,23,29). The van der Waals surface area contributed by atoms with Gasteiger partial charge < -0.3 is 24.8 Å². The van der Waals surface area contributed by atoms with Gasteiger partial charge in [0.2, 0.25) is 0 Å². The molecule has 9 heteroatoms. The zero-order valence-corrected chi connectivity index (χ0v) is 17.8. The van der Waals surface area contributed by atoms with Crippen LogP contribution >= 0.6 is 23.8 Å². The minimum Gasteiger partial charge on any atom is -0.495 e. The Bertz CT molecular complexity index is 920. The summed E-state index contributed by atoms with van der Waals surface area (Å²) in [6, 6.07) is 9.48. The molecule has 0 heterocycles. The molecule has 7 nitrogen and oxygen atoms in total. The van der Waals surface area contributed by atoms with Gasteiger partial charge >= 0.3 is 11.9 Å². The summed E-state index contributed by atoms with van der Waals surface area (Å²) in [5.74, 6) is -0.528. The first-order valence-corrected chi connectivity index (χ1v) is 9.58. The predicted octanol–water partition coefficient (Wildman–Crippen LogP) is 4.51. The van der Waals surface area contributed by atoms with Crippen molar-refractivity contribution in [3.05, 3.63) is 52.5 Å². The lowest BCUT2D eigenvalue weighted by Crippen LogP contribution is -2.22. The number of benzene rings is 2. The van der Waals surface area contributed by atoms with Crippen molar-refractivity contribution in [1.29, 1.82) is 0 Å². The second kappa shape index (κ2) is 10.6. The highest BCUT2D eigenvalue weighted by Gasteiger charge is 2.17. The van der Waals surface area contributed by atoms with E-state index < -0.39 is 11.9 Å². The SMILES string of the molecule is CCOC(=O)c1ccc(C(=O)OCC)c(NC(=S)Nc2cc(Cl)ccc2OC)c1. The van der Waals surface area contributed by atoms with Crippen molar-refractivity contribution in [3.8, 4) is 5.75 Å². The molecule has 0 unspecified atom stereocenters. The number of esters is 2. The quantitative estimate of drug-likeness (QED) is 0.484. The van der Waals surface area contributed by atoms with Gasteiger partial charge in [-0.3, -0.25) is 0 Å². The predicted molar refractivity (Wildman–Crippen MR) is 116 cm³/mol. The smallest absolute Gasteiger partial charge is 0.340 e. The molecule has 0 radical (unpaired) electrons. The van der Waals surface area contributed by atoms with Crippen LogP contribution in [0, 0.1) is 0 Å². The van der Waals surface area contributed by atoms with Crippen molar-refractivity contribution in [1.82, 2.24) is 0 Å². The molecule has 0 aliphatic heterocycles. The summed E-state index contributed by atoms with van der Waals surface area (Å²) < 4.78 is 15.4. The van der Waals surface area contributed by atoms with Gasteiger partial charge in [0, 0.05) is 5.02 Å². The molecule has 0 saturated heterocycles. The summed E-state index contributed by atoms with van der Waals surface area (Å²) in [6.45, 7) is 3.85. The van der Waals surface area contributed by atoms with Crippen molar-refractivity contribution in [2.75, 3.05) is 31.0 Å². The minimum absolute atomic E-state index is 0.164. The van der Waals surface area contributed by atoms with Gasteiger partial charge in [0.15, 0.2) is 5.11 Å². The molecule has 0 atom stereocenters. The van der Waals surface area contributed by atoms with E-state index in [0.717, 1.165) is 0 Å². The normalized spacial score (nSPS) is 10.1. The van der Waals surface area contributed by atoms with Gasteiger partial charge in [0.1, 0.15) is 5.75 Å².